The second-order valence-corrected chi connectivity index (χ2v) is 2.96. The monoisotopic (exact) mass is 247 g/mol. The summed E-state index contributed by atoms with van der Waals surface area (Å²) in [5.41, 5.74) is -3.92. The van der Waals surface area contributed by atoms with Crippen molar-refractivity contribution in [1.82, 2.24) is 0 Å². The molecule has 0 radical (unpaired) electrons. The van der Waals surface area contributed by atoms with E-state index in [2.05, 4.69) is 0 Å². The molecule has 0 bridgehead atoms. The molecule has 5 nitrogen and oxygen atoms in total. The van der Waals surface area contributed by atoms with Gasteiger partial charge in [0.1, 0.15) is 28.7 Å². The lowest BCUT2D eigenvalue weighted by Crippen LogP contribution is -2.10. The topological polar surface area (TPSA) is 102 Å². The first-order chi connectivity index (χ1) is 7.70. The molecule has 0 unspecified atom stereocenters. The minimum Gasteiger partial charge on any atom is -0.506 e. The van der Waals surface area contributed by atoms with E-state index in [9.17, 15) is 18.0 Å². The third kappa shape index (κ3) is 2.08. The van der Waals surface area contributed by atoms with Crippen molar-refractivity contribution in [2.45, 2.75) is 6.18 Å². The number of carboxylic acids is 1. The smallest absolute Gasteiger partial charge is 0.423 e. The fourth-order valence-electron chi connectivity index (χ4n) is 1.18. The van der Waals surface area contributed by atoms with Gasteiger partial charge in [0.05, 0.1) is 5.56 Å². The van der Waals surface area contributed by atoms with Gasteiger partial charge in [0.2, 0.25) is 0 Å². The van der Waals surface area contributed by atoms with Gasteiger partial charge in [0, 0.05) is 0 Å². The van der Waals surface area contributed by atoms with E-state index in [0.29, 0.717) is 6.07 Å². The number of alkyl halides is 3. The fourth-order valence-corrected chi connectivity index (χ4v) is 1.18. The van der Waals surface area contributed by atoms with Gasteiger partial charge in [0.25, 0.3) is 0 Å². The van der Waals surface area contributed by atoms with Crippen LogP contribution in [0.2, 0.25) is 0 Å². The molecule has 8 heteroatoms. The average Bonchev–Trinajstić information content (AvgIpc) is 2.15. The van der Waals surface area contributed by atoms with Crippen molar-refractivity contribution in [3.8, 4) is 17.6 Å². The Morgan fingerprint density at radius 3 is 2.18 bits per heavy atom. The number of nitriles is 1. The normalized spacial score (nSPS) is 10.9. The first-order valence-corrected chi connectivity index (χ1v) is 3.99. The van der Waals surface area contributed by atoms with E-state index in [4.69, 9.17) is 20.6 Å². The zero-order valence-electron chi connectivity index (χ0n) is 7.91. The van der Waals surface area contributed by atoms with Crippen LogP contribution in [0.3, 0.4) is 0 Å². The van der Waals surface area contributed by atoms with Gasteiger partial charge in [-0.05, 0) is 6.07 Å². The molecule has 0 saturated heterocycles. The average molecular weight is 247 g/mol. The highest BCUT2D eigenvalue weighted by Gasteiger charge is 2.40. The number of carbonyl (C=O) groups is 1. The number of hydrogen-bond donors (Lipinski definition) is 3. The van der Waals surface area contributed by atoms with Gasteiger partial charge < -0.3 is 15.3 Å². The molecule has 0 amide bonds. The summed E-state index contributed by atoms with van der Waals surface area (Å²) in [7, 11) is 0. The molecule has 3 N–H and O–H groups in total. The third-order valence-electron chi connectivity index (χ3n) is 1.91. The van der Waals surface area contributed by atoms with Crippen molar-refractivity contribution in [2.24, 2.45) is 0 Å². The van der Waals surface area contributed by atoms with Gasteiger partial charge in [-0.2, -0.15) is 18.4 Å². The number of aromatic hydroxyl groups is 2. The Bertz CT molecular complexity index is 531. The van der Waals surface area contributed by atoms with Crippen molar-refractivity contribution in [3.63, 3.8) is 0 Å². The summed E-state index contributed by atoms with van der Waals surface area (Å²) >= 11 is 0. The van der Waals surface area contributed by atoms with Gasteiger partial charge in [-0.15, -0.1) is 0 Å². The van der Waals surface area contributed by atoms with Crippen LogP contribution < -0.4 is 0 Å². The van der Waals surface area contributed by atoms with Gasteiger partial charge in [-0.3, -0.25) is 0 Å². The third-order valence-corrected chi connectivity index (χ3v) is 1.91. The number of hydrogen-bond acceptors (Lipinski definition) is 4. The lowest BCUT2D eigenvalue weighted by molar-refractivity contribution is -0.140. The Balaban J connectivity index is 3.76. The number of benzene rings is 1. The first kappa shape index (κ1) is 12.6. The second-order valence-electron chi connectivity index (χ2n) is 2.96. The van der Waals surface area contributed by atoms with Crippen molar-refractivity contribution in [3.05, 3.63) is 22.8 Å². The van der Waals surface area contributed by atoms with E-state index in [1.54, 1.807) is 0 Å². The van der Waals surface area contributed by atoms with Gasteiger partial charge in [-0.1, -0.05) is 0 Å². The van der Waals surface area contributed by atoms with Gasteiger partial charge in [0.15, 0.2) is 0 Å². The number of nitrogens with zero attached hydrogens (tertiary/aromatic N) is 1. The molecule has 0 aliphatic carbocycles. The zero-order valence-corrected chi connectivity index (χ0v) is 7.91. The quantitative estimate of drug-likeness (QED) is 0.700. The Hall–Kier alpha value is -2.43. The van der Waals surface area contributed by atoms with Crippen LogP contribution in [-0.2, 0) is 6.18 Å². The molecule has 0 saturated carbocycles. The lowest BCUT2D eigenvalue weighted by atomic mass is 10.0. The maximum atomic E-state index is 12.4. The summed E-state index contributed by atoms with van der Waals surface area (Å²) in [5, 5.41) is 35.2. The fraction of sp³-hybridized carbons (Fsp3) is 0.111. The number of carboxylic acid groups (broad SMARTS) is 1. The molecule has 1 aromatic rings. The van der Waals surface area contributed by atoms with E-state index in [0.717, 1.165) is 0 Å². The van der Waals surface area contributed by atoms with E-state index in [-0.39, 0.29) is 0 Å². The number of rotatable bonds is 1. The van der Waals surface area contributed by atoms with Gasteiger partial charge >= 0.3 is 12.1 Å². The van der Waals surface area contributed by atoms with E-state index >= 15 is 0 Å². The van der Waals surface area contributed by atoms with E-state index in [1.807, 2.05) is 0 Å². The molecule has 1 rings (SSSR count). The minimum absolute atomic E-state index is 0.461. The summed E-state index contributed by atoms with van der Waals surface area (Å²) in [5.74, 6) is -4.96. The predicted molar refractivity (Wildman–Crippen MR) is 46.4 cm³/mol. The molecule has 0 fully saturated rings. The number of aromatic carboxylic acids is 1. The summed E-state index contributed by atoms with van der Waals surface area (Å²) in [6.07, 6.45) is -5.18. The van der Waals surface area contributed by atoms with Crippen molar-refractivity contribution < 1.29 is 33.3 Å². The molecule has 0 aliphatic rings. The largest absolute Gasteiger partial charge is 0.506 e. The molecule has 0 atom stereocenters. The number of halogens is 3. The second kappa shape index (κ2) is 3.86. The molecule has 90 valence electrons. The zero-order chi connectivity index (χ0) is 13.4. The summed E-state index contributed by atoms with van der Waals surface area (Å²) in [6.45, 7) is 0. The molecule has 0 heterocycles. The SMILES string of the molecule is N#Cc1cc(C(=O)O)c(O)c(C(F)(F)F)c1O. The molecule has 0 aromatic heterocycles. The molecular formula is C9H4F3NO4. The highest BCUT2D eigenvalue weighted by molar-refractivity contribution is 5.92. The van der Waals surface area contributed by atoms with E-state index < -0.39 is 40.3 Å². The van der Waals surface area contributed by atoms with Crippen LogP contribution in [0.25, 0.3) is 0 Å². The van der Waals surface area contributed by atoms with Crippen LogP contribution in [-0.4, -0.2) is 21.3 Å². The van der Waals surface area contributed by atoms with Crippen LogP contribution in [0.1, 0.15) is 21.5 Å². The van der Waals surface area contributed by atoms with Gasteiger partial charge in [-0.25, -0.2) is 4.79 Å². The molecule has 0 spiro atoms. The Labute approximate surface area is 92.0 Å². The van der Waals surface area contributed by atoms with Crippen LogP contribution in [0.4, 0.5) is 13.2 Å². The van der Waals surface area contributed by atoms with Crippen molar-refractivity contribution in [2.75, 3.05) is 0 Å². The summed E-state index contributed by atoms with van der Waals surface area (Å²) in [4.78, 5) is 10.6. The minimum atomic E-state index is -5.18. The molecule has 1 aromatic carbocycles. The maximum absolute atomic E-state index is 12.4. The molecule has 17 heavy (non-hydrogen) atoms. The predicted octanol–water partition coefficient (Wildman–Crippen LogP) is 1.69. The lowest BCUT2D eigenvalue weighted by Gasteiger charge is -2.13. The summed E-state index contributed by atoms with van der Waals surface area (Å²) < 4.78 is 37.3. The highest BCUT2D eigenvalue weighted by atomic mass is 19.4. The van der Waals surface area contributed by atoms with Crippen LogP contribution >= 0.6 is 0 Å². The van der Waals surface area contributed by atoms with E-state index in [1.165, 1.54) is 6.07 Å². The van der Waals surface area contributed by atoms with Crippen LogP contribution in [0, 0.1) is 11.3 Å². The summed E-state index contributed by atoms with van der Waals surface area (Å²) in [6, 6.07) is 1.67. The standard InChI is InChI=1S/C9H4F3NO4/c10-9(11,12)5-6(14)3(2-13)1-4(7(5)15)8(16)17/h1,14-15H,(H,16,17). The van der Waals surface area contributed by atoms with Crippen molar-refractivity contribution >= 4 is 5.97 Å². The highest BCUT2D eigenvalue weighted by Crippen LogP contribution is 2.44. The Morgan fingerprint density at radius 1 is 1.29 bits per heavy atom. The Morgan fingerprint density at radius 2 is 1.82 bits per heavy atom. The first-order valence-electron chi connectivity index (χ1n) is 3.99. The maximum Gasteiger partial charge on any atom is 0.423 e. The molecular weight excluding hydrogens is 243 g/mol. The van der Waals surface area contributed by atoms with Crippen molar-refractivity contribution in [1.29, 1.82) is 5.26 Å². The van der Waals surface area contributed by atoms with Crippen LogP contribution in [0.5, 0.6) is 11.5 Å². The number of phenols is 2. The number of phenolic OH excluding ortho intramolecular Hbond substituents is 1. The Kier molecular flexibility index (Phi) is 2.87. The van der Waals surface area contributed by atoms with Crippen LogP contribution in [0.15, 0.2) is 6.07 Å². The molecule has 0 aliphatic heterocycles.